The lowest BCUT2D eigenvalue weighted by molar-refractivity contribution is 0.183. The molecule has 0 amide bonds. The number of aromatic nitrogens is 2. The maximum Gasteiger partial charge on any atom is 0.191 e. The number of nitrogens with zero attached hydrogens (tertiary/aromatic N) is 4. The Labute approximate surface area is 156 Å². The molecule has 9 heteroatoms. The van der Waals surface area contributed by atoms with Crippen LogP contribution in [0, 0.1) is 5.41 Å². The molecule has 0 saturated carbocycles. The van der Waals surface area contributed by atoms with Crippen LogP contribution in [0.3, 0.4) is 0 Å². The molecule has 3 aromatic rings. The van der Waals surface area contributed by atoms with Gasteiger partial charge in [-0.05, 0) is 51.8 Å². The van der Waals surface area contributed by atoms with Crippen molar-refractivity contribution >= 4 is 39.0 Å². The number of hydrogen-bond donors (Lipinski definition) is 3. The van der Waals surface area contributed by atoms with Crippen molar-refractivity contribution in [3.8, 4) is 5.75 Å². The Morgan fingerprint density at radius 2 is 2.12 bits per heavy atom. The van der Waals surface area contributed by atoms with Gasteiger partial charge in [-0.15, -0.1) is 5.10 Å². The van der Waals surface area contributed by atoms with Gasteiger partial charge in [0.25, 0.3) is 0 Å². The highest BCUT2D eigenvalue weighted by atomic mass is 79.9. The smallest absolute Gasteiger partial charge is 0.191 e. The number of ether oxygens (including phenoxy) is 1. The molecule has 0 unspecified atom stereocenters. The lowest BCUT2D eigenvalue weighted by atomic mass is 10.2. The van der Waals surface area contributed by atoms with Crippen molar-refractivity contribution in [2.45, 2.75) is 0 Å². The third-order valence-corrected chi connectivity index (χ3v) is 4.19. The van der Waals surface area contributed by atoms with Gasteiger partial charge in [-0.3, -0.25) is 5.41 Å². The molecule has 0 atom stereocenters. The van der Waals surface area contributed by atoms with Gasteiger partial charge in [-0.1, -0.05) is 12.1 Å². The van der Waals surface area contributed by atoms with E-state index < -0.39 is 0 Å². The van der Waals surface area contributed by atoms with E-state index in [-0.39, 0.29) is 17.0 Å². The lowest BCUT2D eigenvalue weighted by Gasteiger charge is -2.06. The second-order valence-corrected chi connectivity index (χ2v) is 6.09. The van der Waals surface area contributed by atoms with Crippen molar-refractivity contribution < 1.29 is 9.94 Å². The summed E-state index contributed by atoms with van der Waals surface area (Å²) in [6.07, 6.45) is 1.51. The third-order valence-electron chi connectivity index (χ3n) is 3.57. The topological polar surface area (TPSA) is 122 Å². The quantitative estimate of drug-likeness (QED) is 0.262. The molecule has 0 aliphatic heterocycles. The van der Waals surface area contributed by atoms with Crippen LogP contribution < -0.4 is 16.0 Å². The number of amidine groups is 1. The Bertz CT molecular complexity index is 1090. The molecular weight excluding hydrogens is 400 g/mol. The highest BCUT2D eigenvalue weighted by Crippen LogP contribution is 2.24. The van der Waals surface area contributed by atoms with Gasteiger partial charge in [-0.2, -0.15) is 9.83 Å². The molecule has 0 fully saturated rings. The highest BCUT2D eigenvalue weighted by molar-refractivity contribution is 9.10. The number of nitrogens with one attached hydrogen (secondary N) is 1. The van der Waals surface area contributed by atoms with E-state index in [1.54, 1.807) is 37.4 Å². The summed E-state index contributed by atoms with van der Waals surface area (Å²) < 4.78 is 6.66. The van der Waals surface area contributed by atoms with E-state index in [1.807, 2.05) is 12.1 Å². The molecule has 0 aliphatic rings. The van der Waals surface area contributed by atoms with E-state index in [1.165, 1.54) is 6.21 Å². The van der Waals surface area contributed by atoms with Crippen molar-refractivity contribution in [1.82, 2.24) is 9.71 Å². The van der Waals surface area contributed by atoms with E-state index in [0.717, 1.165) is 10.0 Å². The Morgan fingerprint density at radius 1 is 1.35 bits per heavy atom. The fraction of sp³-hybridized carbons (Fsp3) is 0.0588. The zero-order valence-corrected chi connectivity index (χ0v) is 15.3. The number of benzene rings is 2. The fourth-order valence-electron chi connectivity index (χ4n) is 2.28. The number of hydrogen-bond acceptors (Lipinski definition) is 6. The van der Waals surface area contributed by atoms with E-state index in [0.29, 0.717) is 21.5 Å². The van der Waals surface area contributed by atoms with Crippen LogP contribution in [0.1, 0.15) is 11.3 Å². The van der Waals surface area contributed by atoms with Gasteiger partial charge in [0.1, 0.15) is 11.3 Å². The van der Waals surface area contributed by atoms with Crippen LogP contribution in [-0.2, 0) is 0 Å². The number of fused-ring (bicyclic) bond motifs is 1. The summed E-state index contributed by atoms with van der Waals surface area (Å²) in [5.41, 5.74) is 7.34. The molecule has 1 aromatic heterocycles. The van der Waals surface area contributed by atoms with Crippen LogP contribution in [-0.4, -0.2) is 34.1 Å². The van der Waals surface area contributed by atoms with Crippen LogP contribution in [0.4, 0.5) is 0 Å². The van der Waals surface area contributed by atoms with E-state index in [9.17, 15) is 5.21 Å². The summed E-state index contributed by atoms with van der Waals surface area (Å²) >= 11 is 3.39. The summed E-state index contributed by atoms with van der Waals surface area (Å²) in [5, 5.41) is 25.9. The van der Waals surface area contributed by atoms with Crippen molar-refractivity contribution in [3.05, 3.63) is 63.7 Å². The van der Waals surface area contributed by atoms with Gasteiger partial charge in [0.2, 0.25) is 0 Å². The van der Waals surface area contributed by atoms with Gasteiger partial charge in [0.15, 0.2) is 17.0 Å². The number of para-hydroxylation sites is 2. The molecule has 0 bridgehead atoms. The first-order chi connectivity index (χ1) is 12.5. The Hall–Kier alpha value is -3.20. The number of rotatable bonds is 4. The molecule has 0 aliphatic carbocycles. The van der Waals surface area contributed by atoms with Crippen LogP contribution in [0.2, 0.25) is 0 Å². The van der Waals surface area contributed by atoms with Crippen molar-refractivity contribution in [1.29, 1.82) is 5.41 Å². The maximum absolute atomic E-state index is 10.1. The fourth-order valence-corrected chi connectivity index (χ4v) is 2.84. The second-order valence-electron chi connectivity index (χ2n) is 5.23. The summed E-state index contributed by atoms with van der Waals surface area (Å²) in [6.45, 7) is 0. The predicted octanol–water partition coefficient (Wildman–Crippen LogP) is 2.26. The normalized spacial score (nSPS) is 12.0. The van der Waals surface area contributed by atoms with Gasteiger partial charge in [0, 0.05) is 0 Å². The largest absolute Gasteiger partial charge is 0.496 e. The Balaban J connectivity index is 1.93. The molecule has 132 valence electrons. The molecular formula is C17H15BrN6O2. The number of nitrogens with two attached hydrogens (primary N) is 1. The molecule has 3 rings (SSSR count). The van der Waals surface area contributed by atoms with Crippen LogP contribution in [0.25, 0.3) is 11.0 Å². The zero-order chi connectivity index (χ0) is 18.7. The highest BCUT2D eigenvalue weighted by Gasteiger charge is 2.10. The summed E-state index contributed by atoms with van der Waals surface area (Å²) in [6, 6.07) is 12.3. The first-order valence-electron chi connectivity index (χ1n) is 7.47. The van der Waals surface area contributed by atoms with E-state index in [4.69, 9.17) is 15.9 Å². The van der Waals surface area contributed by atoms with Gasteiger partial charge in [0.05, 0.1) is 23.3 Å². The molecule has 0 saturated heterocycles. The zero-order valence-electron chi connectivity index (χ0n) is 13.7. The molecule has 2 aromatic carbocycles. The summed E-state index contributed by atoms with van der Waals surface area (Å²) in [5.74, 6) is 0.629. The molecule has 0 radical (unpaired) electrons. The minimum Gasteiger partial charge on any atom is -0.496 e. The van der Waals surface area contributed by atoms with Crippen molar-refractivity contribution in [2.24, 2.45) is 15.9 Å². The van der Waals surface area contributed by atoms with E-state index >= 15 is 0 Å². The third kappa shape index (κ3) is 3.42. The maximum atomic E-state index is 10.1. The summed E-state index contributed by atoms with van der Waals surface area (Å²) in [4.78, 5) is 4.28. The lowest BCUT2D eigenvalue weighted by Crippen LogP contribution is -2.31. The van der Waals surface area contributed by atoms with Gasteiger partial charge >= 0.3 is 0 Å². The van der Waals surface area contributed by atoms with Gasteiger partial charge in [-0.25, -0.2) is 4.98 Å². The standard InChI is InChI=1S/C17H15BrN6O2/c1-26-14-7-6-10(8-11(14)18)9-21-23-16(19)15-17(20)24(25)13-5-3-2-4-12(13)22-15/h2-9,20,25H,1H3,(H2,19,23)/b20-17?,21-9-. The minimum atomic E-state index is -0.271. The predicted molar refractivity (Wildman–Crippen MR) is 102 cm³/mol. The average molecular weight is 415 g/mol. The van der Waals surface area contributed by atoms with E-state index in [2.05, 4.69) is 31.1 Å². The average Bonchev–Trinajstić information content (AvgIpc) is 2.64. The van der Waals surface area contributed by atoms with Gasteiger partial charge < -0.3 is 15.7 Å². The molecule has 4 N–H and O–H groups in total. The van der Waals surface area contributed by atoms with Crippen LogP contribution in [0.15, 0.2) is 57.1 Å². The van der Waals surface area contributed by atoms with Crippen molar-refractivity contribution in [3.63, 3.8) is 0 Å². The summed E-state index contributed by atoms with van der Waals surface area (Å²) in [7, 11) is 1.58. The first kappa shape index (κ1) is 17.6. The Kier molecular flexibility index (Phi) is 4.99. The second kappa shape index (κ2) is 7.36. The van der Waals surface area contributed by atoms with Crippen molar-refractivity contribution in [2.75, 3.05) is 7.11 Å². The first-order valence-corrected chi connectivity index (χ1v) is 8.26. The molecule has 1 heterocycles. The van der Waals surface area contributed by atoms with Crippen LogP contribution >= 0.6 is 15.9 Å². The number of halogens is 1. The Morgan fingerprint density at radius 3 is 2.85 bits per heavy atom. The molecule has 8 nitrogen and oxygen atoms in total. The monoisotopic (exact) mass is 414 g/mol. The SMILES string of the molecule is COc1ccc(/C=N\N=C(N)c2nc3ccccc3n(O)c2=N)cc1Br. The molecule has 0 spiro atoms. The van der Waals surface area contributed by atoms with Crippen LogP contribution in [0.5, 0.6) is 5.75 Å². The number of methoxy groups -OCH3 is 1. The minimum absolute atomic E-state index is 0.0410. The molecule has 26 heavy (non-hydrogen) atoms.